The fourth-order valence-corrected chi connectivity index (χ4v) is 0.775. The molecule has 2 heteroatoms. The molecule has 0 amide bonds. The van der Waals surface area contributed by atoms with Crippen LogP contribution in [0.3, 0.4) is 0 Å². The Bertz CT molecular complexity index is 42.5. The van der Waals surface area contributed by atoms with Crippen molar-refractivity contribution in [2.24, 2.45) is 0 Å². The quantitative estimate of drug-likeness (QED) is 0.666. The summed E-state index contributed by atoms with van der Waals surface area (Å²) in [4.78, 5) is 0. The molecule has 0 bridgehead atoms. The van der Waals surface area contributed by atoms with Gasteiger partial charge in [-0.1, -0.05) is 26.2 Å². The van der Waals surface area contributed by atoms with E-state index in [2.05, 4.69) is 6.92 Å². The van der Waals surface area contributed by atoms with Crippen molar-refractivity contribution in [1.29, 1.82) is 0 Å². The Balaban J connectivity index is 0. The van der Waals surface area contributed by atoms with Gasteiger partial charge in [0.2, 0.25) is 0 Å². The molecule has 0 aliphatic rings. The van der Waals surface area contributed by atoms with E-state index in [1.807, 2.05) is 6.92 Å². The van der Waals surface area contributed by atoms with E-state index < -0.39 is 0 Å². The zero-order valence-electron chi connectivity index (χ0n) is 6.65. The first-order chi connectivity index (χ1) is 4.41. The third kappa shape index (κ3) is 12.7. The monoisotopic (exact) mass is 264 g/mol. The maximum absolute atomic E-state index is 5.18. The Morgan fingerprint density at radius 1 is 1.00 bits per heavy atom. The van der Waals surface area contributed by atoms with Crippen LogP contribution in [0.5, 0.6) is 0 Å². The van der Waals surface area contributed by atoms with Gasteiger partial charge >= 0.3 is 68.9 Å². The van der Waals surface area contributed by atoms with Crippen molar-refractivity contribution in [2.45, 2.75) is 39.5 Å². The van der Waals surface area contributed by atoms with Crippen LogP contribution in [0.15, 0.2) is 0 Å². The summed E-state index contributed by atoms with van der Waals surface area (Å²) in [5.74, 6) is 0. The molecule has 0 rings (SSSR count). The fraction of sp³-hybridized carbons (Fsp3) is 1.00. The molecule has 0 aliphatic heterocycles. The van der Waals surface area contributed by atoms with Crippen molar-refractivity contribution in [3.63, 3.8) is 0 Å². The Hall–Kier alpha value is 2.01. The van der Waals surface area contributed by atoms with Crippen molar-refractivity contribution in [2.75, 3.05) is 13.2 Å². The fourth-order valence-electron chi connectivity index (χ4n) is 0.775. The Morgan fingerprint density at radius 2 is 1.70 bits per heavy atom. The molecule has 0 saturated heterocycles. The van der Waals surface area contributed by atoms with Crippen LogP contribution in [-0.2, 0) is 4.74 Å². The molecule has 0 aromatic carbocycles. The van der Waals surface area contributed by atoms with Gasteiger partial charge in [-0.25, -0.2) is 0 Å². The second-order valence-electron chi connectivity index (χ2n) is 2.26. The SMILES string of the molecule is CCCCCCOCC.[CsH]. The van der Waals surface area contributed by atoms with Gasteiger partial charge in [0.1, 0.15) is 0 Å². The molecule has 0 aromatic rings. The van der Waals surface area contributed by atoms with Gasteiger partial charge in [-0.15, -0.1) is 0 Å². The van der Waals surface area contributed by atoms with E-state index in [9.17, 15) is 0 Å². The van der Waals surface area contributed by atoms with Crippen LogP contribution in [0, 0.1) is 0 Å². The first-order valence-electron chi connectivity index (χ1n) is 3.99. The number of unbranched alkanes of at least 4 members (excludes halogenated alkanes) is 3. The third-order valence-corrected chi connectivity index (χ3v) is 1.35. The number of rotatable bonds is 6. The molecule has 0 aromatic heterocycles. The van der Waals surface area contributed by atoms with Crippen molar-refractivity contribution in [1.82, 2.24) is 0 Å². The summed E-state index contributed by atoms with van der Waals surface area (Å²) in [5, 5.41) is 0. The predicted octanol–water partition coefficient (Wildman–Crippen LogP) is 1.95. The van der Waals surface area contributed by atoms with Crippen LogP contribution in [0.2, 0.25) is 0 Å². The van der Waals surface area contributed by atoms with Gasteiger partial charge in [-0.3, -0.25) is 0 Å². The van der Waals surface area contributed by atoms with Gasteiger partial charge in [0.05, 0.1) is 0 Å². The van der Waals surface area contributed by atoms with Gasteiger partial charge in [0.25, 0.3) is 0 Å². The molecule has 0 fully saturated rings. The second-order valence-corrected chi connectivity index (χ2v) is 2.26. The molecule has 0 radical (unpaired) electrons. The van der Waals surface area contributed by atoms with Gasteiger partial charge < -0.3 is 4.74 Å². The first kappa shape index (κ1) is 14.5. The maximum atomic E-state index is 5.18. The molecule has 0 aliphatic carbocycles. The molecule has 0 heterocycles. The molecular weight excluding hydrogens is 245 g/mol. The predicted molar refractivity (Wildman–Crippen MR) is 47.8 cm³/mol. The average molecular weight is 264 g/mol. The normalized spacial score (nSPS) is 9.00. The summed E-state index contributed by atoms with van der Waals surface area (Å²) >= 11 is 0. The summed E-state index contributed by atoms with van der Waals surface area (Å²) in [6.07, 6.45) is 5.23. The first-order valence-corrected chi connectivity index (χ1v) is 3.99. The zero-order valence-corrected chi connectivity index (χ0v) is 6.65. The second kappa shape index (κ2) is 13.6. The number of hydrogen-bond acceptors (Lipinski definition) is 1. The Kier molecular flexibility index (Phi) is 19.8. The van der Waals surface area contributed by atoms with Crippen LogP contribution in [-0.4, -0.2) is 82.1 Å². The Morgan fingerprint density at radius 3 is 2.20 bits per heavy atom. The minimum absolute atomic E-state index is 0. The standard InChI is InChI=1S/C8H18O.Cs.H/c1-3-5-6-7-8-9-4-2;;/h3-8H2,1-2H3;;. The molecule has 58 valence electrons. The average Bonchev–Trinajstić information content (AvgIpc) is 1.89. The number of ether oxygens (including phenoxy) is 1. The van der Waals surface area contributed by atoms with E-state index in [1.165, 1.54) is 25.7 Å². The van der Waals surface area contributed by atoms with E-state index in [1.54, 1.807) is 0 Å². The van der Waals surface area contributed by atoms with Gasteiger partial charge in [0.15, 0.2) is 0 Å². The van der Waals surface area contributed by atoms with Crippen LogP contribution >= 0.6 is 0 Å². The number of hydrogen-bond donors (Lipinski definition) is 0. The van der Waals surface area contributed by atoms with Gasteiger partial charge in [-0.05, 0) is 13.3 Å². The topological polar surface area (TPSA) is 9.23 Å². The molecule has 0 unspecified atom stereocenters. The Labute approximate surface area is 124 Å². The minimum atomic E-state index is 0. The van der Waals surface area contributed by atoms with Crippen LogP contribution in [0.1, 0.15) is 39.5 Å². The summed E-state index contributed by atoms with van der Waals surface area (Å²) in [6, 6.07) is 0. The summed E-state index contributed by atoms with van der Waals surface area (Å²) in [6.45, 7) is 6.09. The van der Waals surface area contributed by atoms with E-state index in [0.717, 1.165) is 13.2 Å². The van der Waals surface area contributed by atoms with Crippen molar-refractivity contribution < 1.29 is 4.74 Å². The van der Waals surface area contributed by atoms with E-state index in [-0.39, 0.29) is 68.9 Å². The summed E-state index contributed by atoms with van der Waals surface area (Å²) < 4.78 is 5.18. The zero-order chi connectivity index (χ0) is 6.95. The van der Waals surface area contributed by atoms with Crippen LogP contribution < -0.4 is 0 Å². The molecule has 0 atom stereocenters. The van der Waals surface area contributed by atoms with Crippen LogP contribution in [0.25, 0.3) is 0 Å². The van der Waals surface area contributed by atoms with E-state index in [0.29, 0.717) is 0 Å². The van der Waals surface area contributed by atoms with E-state index in [4.69, 9.17) is 4.74 Å². The van der Waals surface area contributed by atoms with E-state index >= 15 is 0 Å². The molecule has 1 nitrogen and oxygen atoms in total. The third-order valence-electron chi connectivity index (χ3n) is 1.35. The molecular formula is C8H19CsO. The molecule has 0 spiro atoms. The van der Waals surface area contributed by atoms with Crippen molar-refractivity contribution in [3.8, 4) is 0 Å². The van der Waals surface area contributed by atoms with Crippen molar-refractivity contribution >= 4 is 68.9 Å². The summed E-state index contributed by atoms with van der Waals surface area (Å²) in [7, 11) is 0. The van der Waals surface area contributed by atoms with Gasteiger partial charge in [0, 0.05) is 13.2 Å². The molecule has 0 saturated carbocycles. The van der Waals surface area contributed by atoms with Crippen molar-refractivity contribution in [3.05, 3.63) is 0 Å². The molecule has 0 N–H and O–H groups in total. The summed E-state index contributed by atoms with van der Waals surface area (Å²) in [5.41, 5.74) is 0. The van der Waals surface area contributed by atoms with Gasteiger partial charge in [-0.2, -0.15) is 0 Å². The van der Waals surface area contributed by atoms with Crippen LogP contribution in [0.4, 0.5) is 0 Å². The molecule has 10 heavy (non-hydrogen) atoms.